The van der Waals surface area contributed by atoms with Crippen LogP contribution in [0.5, 0.6) is 0 Å². The molecular weight excluding hydrogens is 437 g/mol. The first-order valence-corrected chi connectivity index (χ1v) is 10.6. The number of rotatable bonds is 5. The van der Waals surface area contributed by atoms with Crippen LogP contribution in [0.25, 0.3) is 16.9 Å². The number of anilines is 1. The molecule has 33 heavy (non-hydrogen) atoms. The van der Waals surface area contributed by atoms with Gasteiger partial charge in [-0.3, -0.25) is 9.20 Å². The molecule has 1 aliphatic carbocycles. The molecule has 3 N–H and O–H groups in total. The topological polar surface area (TPSA) is 103 Å². The number of esters is 1. The molecule has 2 heterocycles. The lowest BCUT2D eigenvalue weighted by Crippen LogP contribution is -2.39. The predicted octanol–water partition coefficient (Wildman–Crippen LogP) is 4.11. The zero-order chi connectivity index (χ0) is 24.1. The number of ether oxygens (including phenoxy) is 1. The van der Waals surface area contributed by atoms with E-state index in [1.807, 2.05) is 0 Å². The highest BCUT2D eigenvalue weighted by Gasteiger charge is 2.51. The number of alkyl halides is 3. The summed E-state index contributed by atoms with van der Waals surface area (Å²) in [7, 11) is 0. The first-order chi connectivity index (χ1) is 15.4. The Bertz CT molecular complexity index is 1210. The zero-order valence-corrected chi connectivity index (χ0v) is 18.5. The maximum absolute atomic E-state index is 13.4. The monoisotopic (exact) mass is 462 g/mol. The first kappa shape index (κ1) is 23.0. The second kappa shape index (κ2) is 8.02. The Morgan fingerprint density at radius 3 is 2.67 bits per heavy atom. The lowest BCUT2D eigenvalue weighted by Gasteiger charge is -2.33. The summed E-state index contributed by atoms with van der Waals surface area (Å²) in [5, 5.41) is 10.1. The van der Waals surface area contributed by atoms with Crippen LogP contribution in [0.1, 0.15) is 49.4 Å². The van der Waals surface area contributed by atoms with Gasteiger partial charge in [-0.25, -0.2) is 9.97 Å². The fourth-order valence-corrected chi connectivity index (χ4v) is 4.10. The summed E-state index contributed by atoms with van der Waals surface area (Å²) in [5.41, 5.74) is 5.62. The Morgan fingerprint density at radius 2 is 2.03 bits per heavy atom. The van der Waals surface area contributed by atoms with Gasteiger partial charge in [0.2, 0.25) is 0 Å². The highest BCUT2D eigenvalue weighted by atomic mass is 19.4. The van der Waals surface area contributed by atoms with Crippen LogP contribution in [0.15, 0.2) is 30.6 Å². The number of hydrogen-bond donors (Lipinski definition) is 2. The molecule has 3 aromatic rings. The summed E-state index contributed by atoms with van der Waals surface area (Å²) in [5.74, 6) is -0.205. The van der Waals surface area contributed by atoms with Crippen molar-refractivity contribution in [2.24, 2.45) is 5.92 Å². The molecule has 1 fully saturated rings. The Morgan fingerprint density at radius 1 is 1.33 bits per heavy atom. The molecule has 1 aromatic carbocycles. The molecule has 0 aliphatic heterocycles. The zero-order valence-electron chi connectivity index (χ0n) is 18.5. The molecule has 1 saturated carbocycles. The minimum atomic E-state index is -4.83. The summed E-state index contributed by atoms with van der Waals surface area (Å²) in [6.45, 7) is 4.58. The third kappa shape index (κ3) is 3.92. The van der Waals surface area contributed by atoms with E-state index in [-0.39, 0.29) is 29.2 Å². The molecule has 0 spiro atoms. The number of carbonyl (C=O) groups is 1. The number of nitrogens with two attached hydrogens (primary N) is 1. The van der Waals surface area contributed by atoms with Gasteiger partial charge in [-0.2, -0.15) is 13.2 Å². The third-order valence-corrected chi connectivity index (χ3v) is 6.34. The largest absolute Gasteiger partial charge is 0.466 e. The summed E-state index contributed by atoms with van der Waals surface area (Å²) in [4.78, 5) is 20.7. The minimum absolute atomic E-state index is 0.0137. The molecule has 2 aromatic heterocycles. The Balaban J connectivity index is 1.73. The van der Waals surface area contributed by atoms with Gasteiger partial charge >= 0.3 is 12.1 Å². The van der Waals surface area contributed by atoms with Crippen LogP contribution < -0.4 is 5.73 Å². The van der Waals surface area contributed by atoms with Crippen molar-refractivity contribution in [1.82, 2.24) is 14.4 Å². The van der Waals surface area contributed by atoms with E-state index in [1.54, 1.807) is 24.4 Å². The second-order valence-electron chi connectivity index (χ2n) is 8.61. The number of hydrogen-bond acceptors (Lipinski definition) is 6. The van der Waals surface area contributed by atoms with Crippen LogP contribution >= 0.6 is 0 Å². The van der Waals surface area contributed by atoms with E-state index in [4.69, 9.17) is 10.5 Å². The predicted molar refractivity (Wildman–Crippen MR) is 115 cm³/mol. The van der Waals surface area contributed by atoms with Crippen molar-refractivity contribution in [1.29, 1.82) is 0 Å². The van der Waals surface area contributed by atoms with Gasteiger partial charge in [-0.05, 0) is 50.8 Å². The third-order valence-electron chi connectivity index (χ3n) is 6.34. The van der Waals surface area contributed by atoms with E-state index in [0.29, 0.717) is 47.6 Å². The number of nitrogens with zero attached hydrogens (tertiary/aromatic N) is 3. The molecule has 0 saturated heterocycles. The normalized spacial score (nSPS) is 20.3. The molecule has 4 rings (SSSR count). The lowest BCUT2D eigenvalue weighted by molar-refractivity contribution is -0.258. The van der Waals surface area contributed by atoms with Crippen LogP contribution in [0.4, 0.5) is 19.0 Å². The number of carbonyl (C=O) groups excluding carboxylic acids is 1. The highest BCUT2D eigenvalue weighted by molar-refractivity contribution is 5.74. The van der Waals surface area contributed by atoms with E-state index in [9.17, 15) is 23.1 Å². The lowest BCUT2D eigenvalue weighted by atomic mass is 9.73. The van der Waals surface area contributed by atoms with E-state index in [1.165, 1.54) is 24.4 Å². The van der Waals surface area contributed by atoms with Gasteiger partial charge < -0.3 is 15.6 Å². The van der Waals surface area contributed by atoms with Gasteiger partial charge in [-0.1, -0.05) is 12.1 Å². The number of nitrogen functional groups attached to an aromatic ring is 1. The second-order valence-corrected chi connectivity index (χ2v) is 8.61. The summed E-state index contributed by atoms with van der Waals surface area (Å²) in [6, 6.07) is 4.12. The molecule has 0 amide bonds. The molecule has 0 bridgehead atoms. The van der Waals surface area contributed by atoms with Crippen molar-refractivity contribution < 1.29 is 27.8 Å². The fraction of sp³-hybridized carbons (Fsp3) is 0.435. The van der Waals surface area contributed by atoms with Crippen molar-refractivity contribution in [2.75, 3.05) is 12.3 Å². The van der Waals surface area contributed by atoms with Crippen molar-refractivity contribution in [3.05, 3.63) is 47.4 Å². The molecule has 1 unspecified atom stereocenters. The summed E-state index contributed by atoms with van der Waals surface area (Å²) < 4.78 is 47.0. The van der Waals surface area contributed by atoms with Crippen molar-refractivity contribution in [3.8, 4) is 11.3 Å². The highest BCUT2D eigenvalue weighted by Crippen LogP contribution is 2.43. The molecule has 0 radical (unpaired) electrons. The van der Waals surface area contributed by atoms with Crippen LogP contribution in [-0.2, 0) is 15.1 Å². The number of fused-ring (bicyclic) bond motifs is 1. The number of aromatic nitrogens is 3. The smallest absolute Gasteiger partial charge is 0.421 e. The van der Waals surface area contributed by atoms with Gasteiger partial charge in [0.1, 0.15) is 0 Å². The van der Waals surface area contributed by atoms with Crippen LogP contribution in [0.2, 0.25) is 0 Å². The Labute approximate surface area is 188 Å². The number of aliphatic hydroxyl groups is 1. The van der Waals surface area contributed by atoms with Crippen molar-refractivity contribution in [2.45, 2.75) is 51.3 Å². The molecule has 7 nitrogen and oxygen atoms in total. The molecule has 1 atom stereocenters. The summed E-state index contributed by atoms with van der Waals surface area (Å²) >= 11 is 0. The average molecular weight is 462 g/mol. The van der Waals surface area contributed by atoms with E-state index in [2.05, 4.69) is 9.97 Å². The molecule has 176 valence electrons. The van der Waals surface area contributed by atoms with E-state index in [0.717, 1.165) is 6.92 Å². The van der Waals surface area contributed by atoms with Gasteiger partial charge in [0.25, 0.3) is 0 Å². The Kier molecular flexibility index (Phi) is 5.60. The van der Waals surface area contributed by atoms with E-state index < -0.39 is 11.8 Å². The maximum Gasteiger partial charge on any atom is 0.421 e. The van der Waals surface area contributed by atoms with Gasteiger partial charge in [0, 0.05) is 17.7 Å². The van der Waals surface area contributed by atoms with Crippen molar-refractivity contribution >= 4 is 17.4 Å². The average Bonchev–Trinajstić information content (AvgIpc) is 3.11. The standard InChI is InChI=1S/C23H25F3N4O3/c1-4-33-21(31)14-7-13(8-14)17-11-30-18(10-28-20(30)19(27)29-17)16-9-15(6-5-12(16)2)22(3,32)23(24,25)26/h5-6,9-11,13-14,32H,4,7-8H2,1-3H3,(H2,27,29). The molecule has 1 aliphatic rings. The van der Waals surface area contributed by atoms with Crippen LogP contribution in [-0.4, -0.2) is 38.2 Å². The van der Waals surface area contributed by atoms with Crippen molar-refractivity contribution in [3.63, 3.8) is 0 Å². The number of aryl methyl sites for hydroxylation is 1. The molecule has 10 heteroatoms. The fourth-order valence-electron chi connectivity index (χ4n) is 4.10. The minimum Gasteiger partial charge on any atom is -0.466 e. The number of imidazole rings is 1. The van der Waals surface area contributed by atoms with Gasteiger partial charge in [0.15, 0.2) is 17.1 Å². The van der Waals surface area contributed by atoms with Gasteiger partial charge in [0.05, 0.1) is 30.1 Å². The maximum atomic E-state index is 13.4. The molecular formula is C23H25F3N4O3. The van der Waals surface area contributed by atoms with Crippen LogP contribution in [0, 0.1) is 12.8 Å². The first-order valence-electron chi connectivity index (χ1n) is 10.6. The summed E-state index contributed by atoms with van der Waals surface area (Å²) in [6.07, 6.45) is -0.379. The number of halogens is 3. The number of benzene rings is 1. The van der Waals surface area contributed by atoms with Crippen LogP contribution in [0.3, 0.4) is 0 Å². The van der Waals surface area contributed by atoms with Gasteiger partial charge in [-0.15, -0.1) is 0 Å². The quantitative estimate of drug-likeness (QED) is 0.553. The SMILES string of the molecule is CCOC(=O)C1CC(c2cn3c(-c4cc(C(C)(O)C(F)(F)F)ccc4C)cnc3c(N)n2)C1. The van der Waals surface area contributed by atoms with E-state index >= 15 is 0 Å². The Hall–Kier alpha value is -3.14.